The second kappa shape index (κ2) is 5.61. The number of carbonyl (C=O) groups is 1. The summed E-state index contributed by atoms with van der Waals surface area (Å²) in [6.45, 7) is 9.73. The molecule has 1 fully saturated rings. The van der Waals surface area contributed by atoms with Crippen LogP contribution in [0.4, 0.5) is 0 Å². The highest BCUT2D eigenvalue weighted by Crippen LogP contribution is 2.09. The minimum atomic E-state index is -0.661. The molecule has 1 aliphatic rings. The Morgan fingerprint density at radius 2 is 2.06 bits per heavy atom. The minimum absolute atomic E-state index is 0.235. The molecule has 5 nitrogen and oxygen atoms in total. The van der Waals surface area contributed by atoms with Gasteiger partial charge in [-0.25, -0.2) is 0 Å². The normalized spacial score (nSPS) is 22.0. The van der Waals surface area contributed by atoms with Crippen molar-refractivity contribution >= 4 is 5.91 Å². The van der Waals surface area contributed by atoms with Gasteiger partial charge in [0.05, 0.1) is 13.2 Å². The molecule has 0 aromatic heterocycles. The molecule has 0 bridgehead atoms. The molecule has 94 valence electrons. The van der Waals surface area contributed by atoms with E-state index in [1.54, 1.807) is 0 Å². The van der Waals surface area contributed by atoms with Crippen molar-refractivity contribution in [1.29, 1.82) is 0 Å². The molecule has 3 N–H and O–H groups in total. The highest BCUT2D eigenvalue weighted by molar-refractivity contribution is 5.84. The number of ether oxygens (including phenoxy) is 1. The molecular weight excluding hydrogens is 206 g/mol. The molecule has 0 aromatic carbocycles. The van der Waals surface area contributed by atoms with Crippen molar-refractivity contribution in [2.45, 2.75) is 32.4 Å². The van der Waals surface area contributed by atoms with Gasteiger partial charge in [-0.2, -0.15) is 0 Å². The minimum Gasteiger partial charge on any atom is -0.379 e. The van der Waals surface area contributed by atoms with Crippen molar-refractivity contribution in [1.82, 2.24) is 10.2 Å². The maximum absolute atomic E-state index is 11.5. The van der Waals surface area contributed by atoms with Crippen molar-refractivity contribution in [2.75, 3.05) is 32.8 Å². The molecule has 0 radical (unpaired) electrons. The van der Waals surface area contributed by atoms with Crippen LogP contribution in [-0.2, 0) is 9.53 Å². The van der Waals surface area contributed by atoms with E-state index >= 15 is 0 Å². The Balaban J connectivity index is 2.58. The lowest BCUT2D eigenvalue weighted by molar-refractivity contribution is -0.125. The molecule has 5 heteroatoms. The van der Waals surface area contributed by atoms with Crippen molar-refractivity contribution in [3.05, 3.63) is 0 Å². The third-order valence-corrected chi connectivity index (χ3v) is 2.79. The molecule has 1 amide bonds. The molecule has 16 heavy (non-hydrogen) atoms. The highest BCUT2D eigenvalue weighted by atomic mass is 16.5. The molecule has 1 heterocycles. The number of amides is 1. The predicted octanol–water partition coefficient (Wildman–Crippen LogP) is -0.439. The summed E-state index contributed by atoms with van der Waals surface area (Å²) >= 11 is 0. The van der Waals surface area contributed by atoms with Crippen LogP contribution in [0.25, 0.3) is 0 Å². The Labute approximate surface area is 97.3 Å². The van der Waals surface area contributed by atoms with Crippen molar-refractivity contribution in [3.63, 3.8) is 0 Å². The molecule has 0 spiro atoms. The SMILES string of the molecule is CC(C)NC(C)(CN1CCOCC1)C(N)=O. The molecular formula is C11H23N3O2. The van der Waals surface area contributed by atoms with Crippen LogP contribution in [0.1, 0.15) is 20.8 Å². The van der Waals surface area contributed by atoms with Crippen molar-refractivity contribution in [3.8, 4) is 0 Å². The van der Waals surface area contributed by atoms with Crippen LogP contribution in [0.3, 0.4) is 0 Å². The molecule has 1 saturated heterocycles. The van der Waals surface area contributed by atoms with Gasteiger partial charge in [0.2, 0.25) is 5.91 Å². The van der Waals surface area contributed by atoms with Crippen molar-refractivity contribution in [2.24, 2.45) is 5.73 Å². The van der Waals surface area contributed by atoms with Crippen LogP contribution in [-0.4, -0.2) is 55.2 Å². The topological polar surface area (TPSA) is 67.6 Å². The maximum atomic E-state index is 11.5. The van der Waals surface area contributed by atoms with E-state index < -0.39 is 5.54 Å². The Kier molecular flexibility index (Phi) is 4.70. The zero-order valence-electron chi connectivity index (χ0n) is 10.5. The highest BCUT2D eigenvalue weighted by Gasteiger charge is 2.33. The van der Waals surface area contributed by atoms with E-state index in [9.17, 15) is 4.79 Å². The summed E-state index contributed by atoms with van der Waals surface area (Å²) in [7, 11) is 0. The molecule has 1 rings (SSSR count). The lowest BCUT2D eigenvalue weighted by Crippen LogP contribution is -2.62. The largest absolute Gasteiger partial charge is 0.379 e. The molecule has 1 atom stereocenters. The van der Waals surface area contributed by atoms with E-state index in [2.05, 4.69) is 10.2 Å². The molecule has 0 saturated carbocycles. The summed E-state index contributed by atoms with van der Waals surface area (Å²) < 4.78 is 5.28. The number of hydrogen-bond acceptors (Lipinski definition) is 4. The smallest absolute Gasteiger partial charge is 0.238 e. The predicted molar refractivity (Wildman–Crippen MR) is 63.1 cm³/mol. The lowest BCUT2D eigenvalue weighted by Gasteiger charge is -2.36. The summed E-state index contributed by atoms with van der Waals surface area (Å²) in [5.41, 5.74) is 4.82. The van der Waals surface area contributed by atoms with Crippen LogP contribution >= 0.6 is 0 Å². The number of nitrogens with two attached hydrogens (primary N) is 1. The molecule has 1 aliphatic heterocycles. The Morgan fingerprint density at radius 3 is 2.50 bits per heavy atom. The van der Waals surface area contributed by atoms with Gasteiger partial charge in [0.25, 0.3) is 0 Å². The first kappa shape index (κ1) is 13.4. The van der Waals surface area contributed by atoms with Gasteiger partial charge in [0.15, 0.2) is 0 Å². The van der Waals surface area contributed by atoms with E-state index in [4.69, 9.17) is 10.5 Å². The van der Waals surface area contributed by atoms with Gasteiger partial charge in [-0.15, -0.1) is 0 Å². The number of primary amides is 1. The second-order valence-electron chi connectivity index (χ2n) is 4.88. The number of nitrogens with one attached hydrogen (secondary N) is 1. The molecule has 1 unspecified atom stereocenters. The van der Waals surface area contributed by atoms with Gasteiger partial charge in [0, 0.05) is 25.7 Å². The fourth-order valence-corrected chi connectivity index (χ4v) is 2.04. The average molecular weight is 229 g/mol. The summed E-state index contributed by atoms with van der Waals surface area (Å²) in [4.78, 5) is 13.7. The zero-order valence-corrected chi connectivity index (χ0v) is 10.5. The van der Waals surface area contributed by atoms with E-state index in [0.29, 0.717) is 6.54 Å². The summed E-state index contributed by atoms with van der Waals surface area (Å²) in [6, 6.07) is 0.235. The first-order valence-corrected chi connectivity index (χ1v) is 5.82. The van der Waals surface area contributed by atoms with E-state index in [-0.39, 0.29) is 11.9 Å². The van der Waals surface area contributed by atoms with Gasteiger partial charge >= 0.3 is 0 Å². The standard InChI is InChI=1S/C11H23N3O2/c1-9(2)13-11(3,10(12)15)8-14-4-6-16-7-5-14/h9,13H,4-8H2,1-3H3,(H2,12,15). The fourth-order valence-electron chi connectivity index (χ4n) is 2.04. The fraction of sp³-hybridized carbons (Fsp3) is 0.909. The quantitative estimate of drug-likeness (QED) is 0.671. The van der Waals surface area contributed by atoms with Gasteiger partial charge in [-0.05, 0) is 20.8 Å². The van der Waals surface area contributed by atoms with E-state index in [0.717, 1.165) is 26.3 Å². The Morgan fingerprint density at radius 1 is 1.50 bits per heavy atom. The summed E-state index contributed by atoms with van der Waals surface area (Å²) in [6.07, 6.45) is 0. The molecule has 0 aromatic rings. The molecule has 0 aliphatic carbocycles. The zero-order chi connectivity index (χ0) is 12.2. The number of hydrogen-bond donors (Lipinski definition) is 2. The summed E-state index contributed by atoms with van der Waals surface area (Å²) in [5, 5.41) is 3.25. The average Bonchev–Trinajstić information content (AvgIpc) is 2.17. The summed E-state index contributed by atoms with van der Waals surface area (Å²) in [5.74, 6) is -0.298. The van der Waals surface area contributed by atoms with Gasteiger partial charge in [-0.3, -0.25) is 9.69 Å². The maximum Gasteiger partial charge on any atom is 0.238 e. The monoisotopic (exact) mass is 229 g/mol. The van der Waals surface area contributed by atoms with Gasteiger partial charge in [0.1, 0.15) is 5.54 Å². The van der Waals surface area contributed by atoms with Crippen LogP contribution < -0.4 is 11.1 Å². The van der Waals surface area contributed by atoms with Gasteiger partial charge in [-0.1, -0.05) is 0 Å². The third kappa shape index (κ3) is 3.73. The number of rotatable bonds is 5. The first-order chi connectivity index (χ1) is 7.44. The van der Waals surface area contributed by atoms with Gasteiger partial charge < -0.3 is 15.8 Å². The van der Waals surface area contributed by atoms with Crippen LogP contribution in [0.2, 0.25) is 0 Å². The van der Waals surface area contributed by atoms with E-state index in [1.807, 2.05) is 20.8 Å². The number of morpholine rings is 1. The Bertz CT molecular complexity index is 239. The van der Waals surface area contributed by atoms with Crippen LogP contribution in [0.5, 0.6) is 0 Å². The number of nitrogens with zero attached hydrogens (tertiary/aromatic N) is 1. The van der Waals surface area contributed by atoms with Crippen LogP contribution in [0, 0.1) is 0 Å². The second-order valence-corrected chi connectivity index (χ2v) is 4.88. The third-order valence-electron chi connectivity index (χ3n) is 2.79. The lowest BCUT2D eigenvalue weighted by atomic mass is 9.99. The van der Waals surface area contributed by atoms with E-state index in [1.165, 1.54) is 0 Å². The van der Waals surface area contributed by atoms with Crippen LogP contribution in [0.15, 0.2) is 0 Å². The first-order valence-electron chi connectivity index (χ1n) is 5.82. The Hall–Kier alpha value is -0.650. The number of carbonyl (C=O) groups excluding carboxylic acids is 1. The van der Waals surface area contributed by atoms with Crippen molar-refractivity contribution < 1.29 is 9.53 Å².